The average molecular weight is 392 g/mol. The molecule has 27 heavy (non-hydrogen) atoms. The number of halogens is 2. The summed E-state index contributed by atoms with van der Waals surface area (Å²) in [5.74, 6) is 0.286. The van der Waals surface area contributed by atoms with Crippen molar-refractivity contribution >= 4 is 23.2 Å². The molecule has 0 aliphatic carbocycles. The zero-order valence-electron chi connectivity index (χ0n) is 15.3. The average Bonchev–Trinajstić information content (AvgIpc) is 2.66. The van der Waals surface area contributed by atoms with Crippen molar-refractivity contribution in [1.82, 2.24) is 9.80 Å². The number of anilines is 1. The van der Waals surface area contributed by atoms with E-state index in [0.29, 0.717) is 12.2 Å². The second kappa shape index (κ2) is 9.17. The zero-order chi connectivity index (χ0) is 19.2. The van der Waals surface area contributed by atoms with Gasteiger partial charge in [-0.25, -0.2) is 4.39 Å². The molecule has 7 heteroatoms. The molecule has 2 aromatic rings. The fourth-order valence-corrected chi connectivity index (χ4v) is 3.29. The predicted molar refractivity (Wildman–Crippen MR) is 105 cm³/mol. The van der Waals surface area contributed by atoms with Gasteiger partial charge < -0.3 is 10.1 Å². The Morgan fingerprint density at radius 2 is 1.78 bits per heavy atom. The van der Waals surface area contributed by atoms with Gasteiger partial charge in [-0.3, -0.25) is 14.6 Å². The van der Waals surface area contributed by atoms with Crippen LogP contribution in [0.25, 0.3) is 0 Å². The molecule has 5 nitrogen and oxygen atoms in total. The number of piperazine rings is 1. The predicted octanol–water partition coefficient (Wildman–Crippen LogP) is 3.24. The summed E-state index contributed by atoms with van der Waals surface area (Å²) in [4.78, 5) is 16.7. The number of carbonyl (C=O) groups is 1. The lowest BCUT2D eigenvalue weighted by Gasteiger charge is -2.34. The van der Waals surface area contributed by atoms with Crippen LogP contribution >= 0.6 is 11.6 Å². The molecule has 0 radical (unpaired) electrons. The molecule has 0 saturated carbocycles. The number of carbonyl (C=O) groups excluding carboxylic acids is 1. The normalized spacial score (nSPS) is 15.5. The maximum atomic E-state index is 13.1. The third-order valence-corrected chi connectivity index (χ3v) is 4.92. The van der Waals surface area contributed by atoms with Crippen LogP contribution in [0.5, 0.6) is 5.75 Å². The van der Waals surface area contributed by atoms with E-state index in [-0.39, 0.29) is 10.9 Å². The molecule has 1 fully saturated rings. The quantitative estimate of drug-likeness (QED) is 0.821. The van der Waals surface area contributed by atoms with Crippen LogP contribution in [-0.2, 0) is 11.3 Å². The highest BCUT2D eigenvalue weighted by Crippen LogP contribution is 2.22. The smallest absolute Gasteiger partial charge is 0.238 e. The van der Waals surface area contributed by atoms with E-state index in [0.717, 1.165) is 38.5 Å². The van der Waals surface area contributed by atoms with Crippen LogP contribution in [0, 0.1) is 5.82 Å². The van der Waals surface area contributed by atoms with Crippen molar-refractivity contribution in [2.24, 2.45) is 0 Å². The van der Waals surface area contributed by atoms with Crippen LogP contribution in [-0.4, -0.2) is 55.5 Å². The molecular formula is C20H23ClFN3O2. The van der Waals surface area contributed by atoms with E-state index >= 15 is 0 Å². The Morgan fingerprint density at radius 1 is 1.11 bits per heavy atom. The van der Waals surface area contributed by atoms with E-state index in [1.165, 1.54) is 23.8 Å². The van der Waals surface area contributed by atoms with E-state index in [1.54, 1.807) is 7.11 Å². The van der Waals surface area contributed by atoms with Crippen molar-refractivity contribution in [2.45, 2.75) is 6.54 Å². The van der Waals surface area contributed by atoms with Crippen LogP contribution in [0.3, 0.4) is 0 Å². The third-order valence-electron chi connectivity index (χ3n) is 4.60. The number of hydrogen-bond donors (Lipinski definition) is 1. The van der Waals surface area contributed by atoms with Gasteiger partial charge in [0.25, 0.3) is 0 Å². The van der Waals surface area contributed by atoms with Gasteiger partial charge in [-0.15, -0.1) is 0 Å². The Bertz CT molecular complexity index is 777. The highest BCUT2D eigenvalue weighted by atomic mass is 35.5. The fourth-order valence-electron chi connectivity index (χ4n) is 3.08. The molecule has 2 aromatic carbocycles. The Hall–Kier alpha value is -2.15. The first kappa shape index (κ1) is 19.6. The fraction of sp³-hybridized carbons (Fsp3) is 0.350. The summed E-state index contributed by atoms with van der Waals surface area (Å²) >= 11 is 5.95. The van der Waals surface area contributed by atoms with Gasteiger partial charge in [0.15, 0.2) is 0 Å². The van der Waals surface area contributed by atoms with Gasteiger partial charge in [-0.1, -0.05) is 23.7 Å². The Morgan fingerprint density at radius 3 is 2.41 bits per heavy atom. The van der Waals surface area contributed by atoms with Crippen LogP contribution in [0.4, 0.5) is 10.1 Å². The van der Waals surface area contributed by atoms with Crippen LogP contribution in [0.15, 0.2) is 42.5 Å². The van der Waals surface area contributed by atoms with Crippen molar-refractivity contribution in [3.8, 4) is 5.75 Å². The molecule has 0 spiro atoms. The molecule has 144 valence electrons. The highest BCUT2D eigenvalue weighted by Gasteiger charge is 2.19. The van der Waals surface area contributed by atoms with Crippen molar-refractivity contribution in [2.75, 3.05) is 45.2 Å². The summed E-state index contributed by atoms with van der Waals surface area (Å²) in [6, 6.07) is 12.0. The van der Waals surface area contributed by atoms with Gasteiger partial charge in [0.1, 0.15) is 11.6 Å². The summed E-state index contributed by atoms with van der Waals surface area (Å²) in [5, 5.41) is 2.94. The van der Waals surface area contributed by atoms with E-state index in [4.69, 9.17) is 16.3 Å². The third kappa shape index (κ3) is 5.66. The lowest BCUT2D eigenvalue weighted by Crippen LogP contribution is -2.48. The van der Waals surface area contributed by atoms with E-state index < -0.39 is 5.82 Å². The number of ether oxygens (including phenoxy) is 1. The van der Waals surface area contributed by atoms with Crippen molar-refractivity contribution < 1.29 is 13.9 Å². The van der Waals surface area contributed by atoms with Crippen LogP contribution in [0.2, 0.25) is 5.02 Å². The molecule has 0 atom stereocenters. The maximum absolute atomic E-state index is 13.1. The number of rotatable bonds is 6. The standard InChI is InChI=1S/C20H23ClFN3O2/c1-27-17-5-2-15(3-6-17)13-24-8-10-25(11-9-24)14-20(26)23-19-7-4-16(22)12-18(19)21/h2-7,12H,8-11,13-14H2,1H3,(H,23,26). The molecule has 0 bridgehead atoms. The first-order valence-corrected chi connectivity index (χ1v) is 9.24. The monoisotopic (exact) mass is 391 g/mol. The summed E-state index contributed by atoms with van der Waals surface area (Å²) in [5.41, 5.74) is 1.68. The van der Waals surface area contributed by atoms with Crippen molar-refractivity contribution in [1.29, 1.82) is 0 Å². The lowest BCUT2D eigenvalue weighted by atomic mass is 10.2. The molecule has 1 aliphatic rings. The maximum Gasteiger partial charge on any atom is 0.238 e. The first-order chi connectivity index (χ1) is 13.0. The Labute approximate surface area is 163 Å². The molecule has 0 aromatic heterocycles. The molecule has 3 rings (SSSR count). The molecule has 1 amide bonds. The number of benzene rings is 2. The van der Waals surface area contributed by atoms with Crippen molar-refractivity contribution in [3.63, 3.8) is 0 Å². The molecular weight excluding hydrogens is 369 g/mol. The van der Waals surface area contributed by atoms with Gasteiger partial charge >= 0.3 is 0 Å². The largest absolute Gasteiger partial charge is 0.497 e. The molecule has 1 saturated heterocycles. The Balaban J connectivity index is 1.44. The molecule has 1 heterocycles. The van der Waals surface area contributed by atoms with Gasteiger partial charge in [-0.05, 0) is 35.9 Å². The second-order valence-electron chi connectivity index (χ2n) is 6.57. The molecule has 0 unspecified atom stereocenters. The minimum Gasteiger partial charge on any atom is -0.497 e. The summed E-state index contributed by atoms with van der Waals surface area (Å²) in [6.07, 6.45) is 0. The summed E-state index contributed by atoms with van der Waals surface area (Å²) in [7, 11) is 1.66. The minimum atomic E-state index is -0.425. The van der Waals surface area contributed by atoms with Gasteiger partial charge in [0.2, 0.25) is 5.91 Å². The van der Waals surface area contributed by atoms with E-state index in [2.05, 4.69) is 27.2 Å². The van der Waals surface area contributed by atoms with Gasteiger partial charge in [0, 0.05) is 32.7 Å². The zero-order valence-corrected chi connectivity index (χ0v) is 16.0. The molecule has 1 aliphatic heterocycles. The number of nitrogens with zero attached hydrogens (tertiary/aromatic N) is 2. The van der Waals surface area contributed by atoms with Gasteiger partial charge in [0.05, 0.1) is 24.4 Å². The van der Waals surface area contributed by atoms with Crippen molar-refractivity contribution in [3.05, 3.63) is 58.9 Å². The minimum absolute atomic E-state index is 0.146. The number of nitrogens with one attached hydrogen (secondary N) is 1. The van der Waals surface area contributed by atoms with Crippen LogP contribution in [0.1, 0.15) is 5.56 Å². The summed E-state index contributed by atoms with van der Waals surface area (Å²) in [6.45, 7) is 4.62. The lowest BCUT2D eigenvalue weighted by molar-refractivity contribution is -0.117. The summed E-state index contributed by atoms with van der Waals surface area (Å²) < 4.78 is 18.3. The second-order valence-corrected chi connectivity index (χ2v) is 6.98. The Kier molecular flexibility index (Phi) is 6.66. The SMILES string of the molecule is COc1ccc(CN2CCN(CC(=O)Nc3ccc(F)cc3Cl)CC2)cc1. The number of hydrogen-bond acceptors (Lipinski definition) is 4. The molecule has 1 N–H and O–H groups in total. The number of methoxy groups -OCH3 is 1. The van der Waals surface area contributed by atoms with E-state index in [1.807, 2.05) is 12.1 Å². The van der Waals surface area contributed by atoms with E-state index in [9.17, 15) is 9.18 Å². The number of amides is 1. The topological polar surface area (TPSA) is 44.8 Å². The highest BCUT2D eigenvalue weighted by molar-refractivity contribution is 6.33. The van der Waals surface area contributed by atoms with Crippen LogP contribution < -0.4 is 10.1 Å². The van der Waals surface area contributed by atoms with Gasteiger partial charge in [-0.2, -0.15) is 0 Å². The first-order valence-electron chi connectivity index (χ1n) is 8.86.